The number of hydrazone groups is 1. The van der Waals surface area contributed by atoms with Crippen LogP contribution in [0.25, 0.3) is 11.0 Å². The van der Waals surface area contributed by atoms with Crippen molar-refractivity contribution in [1.29, 1.82) is 0 Å². The third-order valence-corrected chi connectivity index (χ3v) is 4.69. The Bertz CT molecular complexity index is 1190. The van der Waals surface area contributed by atoms with Gasteiger partial charge in [0.1, 0.15) is 11.8 Å². The molecule has 1 aromatic heterocycles. The molecule has 3 aromatic rings. The Kier molecular flexibility index (Phi) is 5.83. The molecule has 0 saturated heterocycles. The standard InChI is InChI=1S/C18H15Cl2N5O4/c1-24(2)23-15(17(26)9-3-5-11(19)12(20)7-9)16-18(27)22-14-8-10(25(28)29)4-6-13(14)21-16/h3-8,17,26H,1-2H3,(H,22,27)/b23-15+. The first kappa shape index (κ1) is 20.7. The van der Waals surface area contributed by atoms with Crippen molar-refractivity contribution in [3.05, 3.63) is 78.2 Å². The lowest BCUT2D eigenvalue weighted by molar-refractivity contribution is -0.384. The maximum absolute atomic E-state index is 12.6. The molecule has 2 N–H and O–H groups in total. The number of rotatable bonds is 5. The van der Waals surface area contributed by atoms with Crippen LogP contribution in [0.15, 0.2) is 46.3 Å². The summed E-state index contributed by atoms with van der Waals surface area (Å²) in [5.41, 5.74) is -0.115. The molecule has 1 heterocycles. The lowest BCUT2D eigenvalue weighted by atomic mass is 10.0. The highest BCUT2D eigenvalue weighted by Gasteiger charge is 2.24. The largest absolute Gasteiger partial charge is 0.382 e. The van der Waals surface area contributed by atoms with Gasteiger partial charge in [-0.05, 0) is 23.8 Å². The van der Waals surface area contributed by atoms with Crippen molar-refractivity contribution in [2.24, 2.45) is 5.10 Å². The van der Waals surface area contributed by atoms with E-state index in [4.69, 9.17) is 23.2 Å². The van der Waals surface area contributed by atoms with Gasteiger partial charge < -0.3 is 15.1 Å². The van der Waals surface area contributed by atoms with Gasteiger partial charge in [-0.3, -0.25) is 14.9 Å². The zero-order valence-corrected chi connectivity index (χ0v) is 16.8. The third kappa shape index (κ3) is 4.37. The fourth-order valence-corrected chi connectivity index (χ4v) is 2.96. The van der Waals surface area contributed by atoms with Crippen LogP contribution < -0.4 is 5.56 Å². The Morgan fingerprint density at radius 3 is 2.59 bits per heavy atom. The molecule has 1 unspecified atom stereocenters. The molecule has 0 radical (unpaired) electrons. The Morgan fingerprint density at radius 1 is 1.24 bits per heavy atom. The zero-order valence-electron chi connectivity index (χ0n) is 15.3. The van der Waals surface area contributed by atoms with E-state index in [1.807, 2.05) is 0 Å². The molecular formula is C18H15Cl2N5O4. The average Bonchev–Trinajstić information content (AvgIpc) is 2.66. The van der Waals surface area contributed by atoms with Gasteiger partial charge in [0.05, 0.1) is 26.0 Å². The van der Waals surface area contributed by atoms with Gasteiger partial charge in [-0.15, -0.1) is 0 Å². The van der Waals surface area contributed by atoms with E-state index in [2.05, 4.69) is 15.1 Å². The lowest BCUT2D eigenvalue weighted by Gasteiger charge is -2.17. The molecule has 3 rings (SSSR count). The summed E-state index contributed by atoms with van der Waals surface area (Å²) in [6.45, 7) is 0. The minimum Gasteiger partial charge on any atom is -0.382 e. The highest BCUT2D eigenvalue weighted by Crippen LogP contribution is 2.27. The Balaban J connectivity index is 2.16. The minimum absolute atomic E-state index is 0.0186. The number of nitro groups is 1. The van der Waals surface area contributed by atoms with Crippen molar-refractivity contribution in [1.82, 2.24) is 15.0 Å². The topological polar surface area (TPSA) is 125 Å². The number of hydrogen-bond donors (Lipinski definition) is 2. The summed E-state index contributed by atoms with van der Waals surface area (Å²) >= 11 is 12.0. The molecule has 11 heteroatoms. The van der Waals surface area contributed by atoms with E-state index in [0.717, 1.165) is 0 Å². The van der Waals surface area contributed by atoms with Crippen molar-refractivity contribution in [2.45, 2.75) is 6.10 Å². The monoisotopic (exact) mass is 435 g/mol. The average molecular weight is 436 g/mol. The second-order valence-corrected chi connectivity index (χ2v) is 7.10. The van der Waals surface area contributed by atoms with Crippen LogP contribution in [0.2, 0.25) is 10.0 Å². The summed E-state index contributed by atoms with van der Waals surface area (Å²) in [6.07, 6.45) is -1.32. The Morgan fingerprint density at radius 2 is 1.97 bits per heavy atom. The SMILES string of the molecule is CN(C)/N=C(\c1nc2ccc([N+](=O)[O-])cc2[nH]c1=O)C(O)c1ccc(Cl)c(Cl)c1. The minimum atomic E-state index is -1.32. The van der Waals surface area contributed by atoms with E-state index in [9.17, 15) is 20.0 Å². The third-order valence-electron chi connectivity index (χ3n) is 3.96. The molecule has 0 aliphatic carbocycles. The van der Waals surface area contributed by atoms with Crippen LogP contribution >= 0.6 is 23.2 Å². The number of benzene rings is 2. The number of H-pyrrole nitrogens is 1. The molecule has 0 aliphatic heterocycles. The predicted molar refractivity (Wildman–Crippen MR) is 111 cm³/mol. The number of halogens is 2. The first-order valence-corrected chi connectivity index (χ1v) is 9.00. The normalized spacial score (nSPS) is 12.8. The molecule has 2 aromatic carbocycles. The second kappa shape index (κ2) is 8.16. The number of nitrogens with one attached hydrogen (secondary N) is 1. The van der Waals surface area contributed by atoms with E-state index < -0.39 is 16.6 Å². The smallest absolute Gasteiger partial charge is 0.276 e. The zero-order chi connectivity index (χ0) is 21.3. The number of aliphatic hydroxyl groups excluding tert-OH is 1. The van der Waals surface area contributed by atoms with Gasteiger partial charge in [0, 0.05) is 26.2 Å². The van der Waals surface area contributed by atoms with E-state index in [0.29, 0.717) is 16.1 Å². The number of hydrogen-bond acceptors (Lipinski definition) is 7. The van der Waals surface area contributed by atoms with E-state index in [1.54, 1.807) is 20.2 Å². The summed E-state index contributed by atoms with van der Waals surface area (Å²) in [4.78, 5) is 29.8. The van der Waals surface area contributed by atoms with Gasteiger partial charge in [0.25, 0.3) is 11.2 Å². The summed E-state index contributed by atoms with van der Waals surface area (Å²) in [6, 6.07) is 8.45. The highest BCUT2D eigenvalue weighted by atomic mass is 35.5. The van der Waals surface area contributed by atoms with Crippen LogP contribution in [-0.4, -0.2) is 44.8 Å². The van der Waals surface area contributed by atoms with Gasteiger partial charge in [0.2, 0.25) is 0 Å². The number of aliphatic hydroxyl groups is 1. The second-order valence-electron chi connectivity index (χ2n) is 6.28. The summed E-state index contributed by atoms with van der Waals surface area (Å²) in [5.74, 6) is 0. The number of aromatic amines is 1. The van der Waals surface area contributed by atoms with Gasteiger partial charge >= 0.3 is 0 Å². The molecule has 0 spiro atoms. The van der Waals surface area contributed by atoms with Crippen LogP contribution in [0, 0.1) is 10.1 Å². The molecular weight excluding hydrogens is 421 g/mol. The summed E-state index contributed by atoms with van der Waals surface area (Å²) in [5, 5.41) is 28.0. The quantitative estimate of drug-likeness (QED) is 0.360. The van der Waals surface area contributed by atoms with Crippen molar-refractivity contribution in [2.75, 3.05) is 14.1 Å². The maximum atomic E-state index is 12.6. The first-order chi connectivity index (χ1) is 13.7. The number of nitrogens with zero attached hydrogens (tertiary/aromatic N) is 4. The molecule has 0 saturated carbocycles. The summed E-state index contributed by atoms with van der Waals surface area (Å²) < 4.78 is 0. The molecule has 150 valence electrons. The van der Waals surface area contributed by atoms with E-state index in [-0.39, 0.29) is 27.6 Å². The molecule has 1 atom stereocenters. The van der Waals surface area contributed by atoms with Gasteiger partial charge in [-0.2, -0.15) is 5.10 Å². The van der Waals surface area contributed by atoms with E-state index in [1.165, 1.54) is 35.3 Å². The van der Waals surface area contributed by atoms with Crippen molar-refractivity contribution in [3.63, 3.8) is 0 Å². The fraction of sp³-hybridized carbons (Fsp3) is 0.167. The van der Waals surface area contributed by atoms with Crippen LogP contribution in [0.1, 0.15) is 17.4 Å². The van der Waals surface area contributed by atoms with Crippen LogP contribution in [0.3, 0.4) is 0 Å². The van der Waals surface area contributed by atoms with Crippen molar-refractivity contribution in [3.8, 4) is 0 Å². The van der Waals surface area contributed by atoms with Crippen LogP contribution in [-0.2, 0) is 0 Å². The number of nitro benzene ring substituents is 1. The van der Waals surface area contributed by atoms with Gasteiger partial charge in [-0.25, -0.2) is 4.98 Å². The molecule has 0 amide bonds. The number of aromatic nitrogens is 2. The van der Waals surface area contributed by atoms with Crippen LogP contribution in [0.5, 0.6) is 0 Å². The van der Waals surface area contributed by atoms with Crippen molar-refractivity contribution >= 4 is 45.6 Å². The van der Waals surface area contributed by atoms with Gasteiger partial charge in [-0.1, -0.05) is 29.3 Å². The molecule has 0 bridgehead atoms. The van der Waals surface area contributed by atoms with Crippen LogP contribution in [0.4, 0.5) is 5.69 Å². The molecule has 29 heavy (non-hydrogen) atoms. The number of fused-ring (bicyclic) bond motifs is 1. The highest BCUT2D eigenvalue weighted by molar-refractivity contribution is 6.42. The maximum Gasteiger partial charge on any atom is 0.276 e. The fourth-order valence-electron chi connectivity index (χ4n) is 2.65. The molecule has 0 aliphatic rings. The van der Waals surface area contributed by atoms with Crippen molar-refractivity contribution < 1.29 is 10.0 Å². The van der Waals surface area contributed by atoms with E-state index >= 15 is 0 Å². The lowest BCUT2D eigenvalue weighted by Crippen LogP contribution is -2.27. The summed E-state index contributed by atoms with van der Waals surface area (Å²) in [7, 11) is 3.25. The molecule has 0 fully saturated rings. The van der Waals surface area contributed by atoms with Gasteiger partial charge in [0.15, 0.2) is 5.69 Å². The Labute approximate surface area is 174 Å². The number of non-ortho nitro benzene ring substituents is 1. The first-order valence-electron chi connectivity index (χ1n) is 8.25. The molecule has 9 nitrogen and oxygen atoms in total. The predicted octanol–water partition coefficient (Wildman–Crippen LogP) is 3.14. The Hall–Kier alpha value is -3.01.